The highest BCUT2D eigenvalue weighted by Gasteiger charge is 2.32. The first-order valence-corrected chi connectivity index (χ1v) is 8.02. The van der Waals surface area contributed by atoms with Crippen LogP contribution in [-0.2, 0) is 0 Å². The van der Waals surface area contributed by atoms with E-state index in [1.807, 2.05) is 0 Å². The molecule has 1 aromatic heterocycles. The summed E-state index contributed by atoms with van der Waals surface area (Å²) >= 11 is 0. The summed E-state index contributed by atoms with van der Waals surface area (Å²) in [5, 5.41) is 0. The van der Waals surface area contributed by atoms with Crippen molar-refractivity contribution in [2.75, 3.05) is 20.2 Å². The average molecular weight is 383 g/mol. The van der Waals surface area contributed by atoms with Crippen LogP contribution in [0.2, 0.25) is 0 Å². The lowest BCUT2D eigenvalue weighted by Crippen LogP contribution is -2.31. The molecule has 1 unspecified atom stereocenters. The standard InChI is InChI=1S/C17H16F3N3O4/c1-25-14-8-21-9-15(22-14)26-13-6-7-23(10-13)16(24)11-2-4-12(5-3-11)27-17(18,19)20/h2-5,8-9,13H,6-7,10H2,1H3. The molecule has 0 radical (unpaired) electrons. The molecular weight excluding hydrogens is 367 g/mol. The number of hydrogen-bond acceptors (Lipinski definition) is 6. The zero-order valence-corrected chi connectivity index (χ0v) is 14.3. The number of benzene rings is 1. The fraction of sp³-hybridized carbons (Fsp3) is 0.353. The van der Waals surface area contributed by atoms with Crippen molar-refractivity contribution in [2.24, 2.45) is 0 Å². The van der Waals surface area contributed by atoms with Gasteiger partial charge in [-0.25, -0.2) is 0 Å². The van der Waals surface area contributed by atoms with Crippen molar-refractivity contribution in [2.45, 2.75) is 18.9 Å². The minimum atomic E-state index is -4.77. The third-order valence-electron chi connectivity index (χ3n) is 3.85. The van der Waals surface area contributed by atoms with Crippen LogP contribution < -0.4 is 14.2 Å². The number of ether oxygens (including phenoxy) is 3. The number of hydrogen-bond donors (Lipinski definition) is 0. The van der Waals surface area contributed by atoms with Gasteiger partial charge in [-0.15, -0.1) is 13.2 Å². The fourth-order valence-corrected chi connectivity index (χ4v) is 2.65. The molecule has 0 aliphatic carbocycles. The molecule has 3 rings (SSSR count). The maximum Gasteiger partial charge on any atom is 0.573 e. The maximum atomic E-state index is 12.5. The molecule has 1 aliphatic rings. The van der Waals surface area contributed by atoms with E-state index in [2.05, 4.69) is 14.7 Å². The summed E-state index contributed by atoms with van der Waals surface area (Å²) in [4.78, 5) is 22.1. The van der Waals surface area contributed by atoms with Gasteiger partial charge in [0.25, 0.3) is 5.91 Å². The number of halogens is 3. The Hall–Kier alpha value is -3.04. The number of carbonyl (C=O) groups excluding carboxylic acids is 1. The second-order valence-electron chi connectivity index (χ2n) is 5.75. The van der Waals surface area contributed by atoms with Gasteiger partial charge >= 0.3 is 6.36 Å². The van der Waals surface area contributed by atoms with Crippen LogP contribution in [0.4, 0.5) is 13.2 Å². The molecule has 2 heterocycles. The van der Waals surface area contributed by atoms with Crippen LogP contribution >= 0.6 is 0 Å². The molecule has 0 bridgehead atoms. The Kier molecular flexibility index (Phi) is 5.33. The molecule has 1 aliphatic heterocycles. The summed E-state index contributed by atoms with van der Waals surface area (Å²) in [5.74, 6) is -0.0587. The van der Waals surface area contributed by atoms with E-state index in [0.717, 1.165) is 12.1 Å². The number of likely N-dealkylation sites (tertiary alicyclic amines) is 1. The van der Waals surface area contributed by atoms with Crippen molar-refractivity contribution in [3.63, 3.8) is 0 Å². The molecule has 0 spiro atoms. The van der Waals surface area contributed by atoms with E-state index in [1.165, 1.54) is 31.6 Å². The first-order valence-electron chi connectivity index (χ1n) is 8.02. The first-order chi connectivity index (χ1) is 12.8. The van der Waals surface area contributed by atoms with E-state index in [0.29, 0.717) is 31.3 Å². The van der Waals surface area contributed by atoms with Gasteiger partial charge in [0.1, 0.15) is 11.9 Å². The molecule has 27 heavy (non-hydrogen) atoms. The minimum absolute atomic E-state index is 0.261. The zero-order chi connectivity index (χ0) is 19.4. The molecule has 10 heteroatoms. The van der Waals surface area contributed by atoms with E-state index < -0.39 is 6.36 Å². The molecule has 1 aromatic carbocycles. The van der Waals surface area contributed by atoms with Crippen LogP contribution in [0.5, 0.6) is 17.5 Å². The second kappa shape index (κ2) is 7.68. The highest BCUT2D eigenvalue weighted by molar-refractivity contribution is 5.94. The van der Waals surface area contributed by atoms with E-state index in [9.17, 15) is 18.0 Å². The molecule has 1 amide bonds. The molecule has 2 aromatic rings. The second-order valence-corrected chi connectivity index (χ2v) is 5.75. The fourth-order valence-electron chi connectivity index (χ4n) is 2.65. The Morgan fingerprint density at radius 3 is 2.56 bits per heavy atom. The summed E-state index contributed by atoms with van der Waals surface area (Å²) in [5.41, 5.74) is 0.270. The van der Waals surface area contributed by atoms with Crippen molar-refractivity contribution < 1.29 is 32.2 Å². The number of carbonyl (C=O) groups is 1. The van der Waals surface area contributed by atoms with Crippen molar-refractivity contribution in [1.29, 1.82) is 0 Å². The van der Waals surface area contributed by atoms with Crippen LogP contribution in [0, 0.1) is 0 Å². The van der Waals surface area contributed by atoms with Gasteiger partial charge in [-0.3, -0.25) is 9.78 Å². The number of aromatic nitrogens is 2. The predicted molar refractivity (Wildman–Crippen MR) is 86.6 cm³/mol. The minimum Gasteiger partial charge on any atom is -0.480 e. The summed E-state index contributed by atoms with van der Waals surface area (Å²) in [6.07, 6.45) is -1.53. The van der Waals surface area contributed by atoms with Crippen molar-refractivity contribution >= 4 is 5.91 Å². The Morgan fingerprint density at radius 1 is 1.19 bits per heavy atom. The molecule has 7 nitrogen and oxygen atoms in total. The quantitative estimate of drug-likeness (QED) is 0.791. The number of alkyl halides is 3. The van der Waals surface area contributed by atoms with Crippen molar-refractivity contribution in [1.82, 2.24) is 14.9 Å². The van der Waals surface area contributed by atoms with Gasteiger partial charge in [0, 0.05) is 18.5 Å². The Bertz CT molecular complexity index is 799. The topological polar surface area (TPSA) is 73.8 Å². The van der Waals surface area contributed by atoms with E-state index >= 15 is 0 Å². The summed E-state index contributed by atoms with van der Waals surface area (Å²) < 4.78 is 51.1. The third kappa shape index (κ3) is 4.99. The largest absolute Gasteiger partial charge is 0.573 e. The SMILES string of the molecule is COc1cncc(OC2CCN(C(=O)c3ccc(OC(F)(F)F)cc3)C2)n1. The molecule has 1 saturated heterocycles. The van der Waals surface area contributed by atoms with E-state index in [-0.39, 0.29) is 23.3 Å². The monoisotopic (exact) mass is 383 g/mol. The molecular formula is C17H16F3N3O4. The molecule has 0 saturated carbocycles. The molecule has 0 N–H and O–H groups in total. The van der Waals surface area contributed by atoms with Crippen LogP contribution in [0.15, 0.2) is 36.7 Å². The summed E-state index contributed by atoms with van der Waals surface area (Å²) in [6.45, 7) is 0.792. The summed E-state index contributed by atoms with van der Waals surface area (Å²) in [7, 11) is 1.47. The first kappa shape index (κ1) is 18.7. The van der Waals surface area contributed by atoms with Gasteiger partial charge in [-0.1, -0.05) is 0 Å². The highest BCUT2D eigenvalue weighted by atomic mass is 19.4. The average Bonchev–Trinajstić information content (AvgIpc) is 3.09. The lowest BCUT2D eigenvalue weighted by atomic mass is 10.2. The van der Waals surface area contributed by atoms with E-state index in [4.69, 9.17) is 9.47 Å². The van der Waals surface area contributed by atoms with Gasteiger partial charge in [-0.2, -0.15) is 4.98 Å². The zero-order valence-electron chi connectivity index (χ0n) is 14.3. The predicted octanol–water partition coefficient (Wildman–Crippen LogP) is 2.68. The smallest absolute Gasteiger partial charge is 0.480 e. The van der Waals surface area contributed by atoms with Crippen LogP contribution in [0.3, 0.4) is 0 Å². The lowest BCUT2D eigenvalue weighted by Gasteiger charge is -2.17. The Balaban J connectivity index is 1.58. The van der Waals surface area contributed by atoms with Crippen LogP contribution in [0.25, 0.3) is 0 Å². The van der Waals surface area contributed by atoms with Gasteiger partial charge in [0.2, 0.25) is 11.8 Å². The number of nitrogens with zero attached hydrogens (tertiary/aromatic N) is 3. The van der Waals surface area contributed by atoms with Gasteiger partial charge in [0.05, 0.1) is 26.0 Å². The van der Waals surface area contributed by atoms with E-state index in [1.54, 1.807) is 4.90 Å². The van der Waals surface area contributed by atoms with Gasteiger partial charge < -0.3 is 19.1 Å². The number of amides is 1. The normalized spacial score (nSPS) is 16.9. The third-order valence-corrected chi connectivity index (χ3v) is 3.85. The Morgan fingerprint density at radius 2 is 1.89 bits per heavy atom. The number of methoxy groups -OCH3 is 1. The van der Waals surface area contributed by atoms with Gasteiger partial charge in [-0.05, 0) is 24.3 Å². The lowest BCUT2D eigenvalue weighted by molar-refractivity contribution is -0.274. The van der Waals surface area contributed by atoms with Gasteiger partial charge in [0.15, 0.2) is 0 Å². The molecule has 1 fully saturated rings. The van der Waals surface area contributed by atoms with Crippen LogP contribution in [-0.4, -0.2) is 53.4 Å². The molecule has 144 valence electrons. The number of rotatable bonds is 5. The Labute approximate surface area is 152 Å². The molecule has 1 atom stereocenters. The van der Waals surface area contributed by atoms with Crippen LogP contribution in [0.1, 0.15) is 16.8 Å². The van der Waals surface area contributed by atoms with Crippen molar-refractivity contribution in [3.8, 4) is 17.5 Å². The maximum absolute atomic E-state index is 12.5. The highest BCUT2D eigenvalue weighted by Crippen LogP contribution is 2.24. The summed E-state index contributed by atoms with van der Waals surface area (Å²) in [6, 6.07) is 4.81. The van der Waals surface area contributed by atoms with Crippen molar-refractivity contribution in [3.05, 3.63) is 42.2 Å².